The molecule has 0 aliphatic rings. The molecule has 0 aliphatic heterocycles. The number of nitrogens with one attached hydrogen (secondary N) is 1. The summed E-state index contributed by atoms with van der Waals surface area (Å²) in [5.74, 6) is 1.10. The van der Waals surface area contributed by atoms with Gasteiger partial charge in [-0.1, -0.05) is 60.7 Å². The molecule has 0 aliphatic carbocycles. The Morgan fingerprint density at radius 2 is 1.57 bits per heavy atom. The van der Waals surface area contributed by atoms with Crippen LogP contribution in [-0.2, 0) is 4.79 Å². The lowest BCUT2D eigenvalue weighted by Crippen LogP contribution is -2.39. The molecule has 3 aromatic rings. The number of carbonyl (C=O) groups is 1. The van der Waals surface area contributed by atoms with Crippen LogP contribution in [0.5, 0.6) is 11.5 Å². The molecule has 4 heteroatoms. The second-order valence-corrected chi connectivity index (χ2v) is 6.65. The van der Waals surface area contributed by atoms with Crippen molar-refractivity contribution >= 4 is 5.91 Å². The number of hydrogen-bond acceptors (Lipinski definition) is 3. The van der Waals surface area contributed by atoms with Crippen LogP contribution in [0.4, 0.5) is 0 Å². The van der Waals surface area contributed by atoms with Crippen molar-refractivity contribution in [1.29, 1.82) is 0 Å². The maximum Gasteiger partial charge on any atom is 0.261 e. The van der Waals surface area contributed by atoms with Crippen molar-refractivity contribution in [3.63, 3.8) is 0 Å². The van der Waals surface area contributed by atoms with Gasteiger partial charge in [0.25, 0.3) is 5.91 Å². The summed E-state index contributed by atoms with van der Waals surface area (Å²) in [6, 6.07) is 25.0. The lowest BCUT2D eigenvalue weighted by atomic mass is 9.95. The SMILES string of the molecule is COc1cccc(O[C@H](C)C(=O)N[C@H](c2ccccc2)c2ccccc2C)c1. The van der Waals surface area contributed by atoms with Crippen LogP contribution in [0, 0.1) is 6.92 Å². The van der Waals surface area contributed by atoms with Gasteiger partial charge in [0.2, 0.25) is 0 Å². The molecule has 0 bridgehead atoms. The van der Waals surface area contributed by atoms with Crippen LogP contribution in [0.2, 0.25) is 0 Å². The minimum atomic E-state index is -0.651. The highest BCUT2D eigenvalue weighted by Gasteiger charge is 2.22. The zero-order valence-electron chi connectivity index (χ0n) is 16.4. The minimum absolute atomic E-state index is 0.181. The van der Waals surface area contributed by atoms with Gasteiger partial charge >= 0.3 is 0 Å². The van der Waals surface area contributed by atoms with Crippen LogP contribution in [0.15, 0.2) is 78.9 Å². The third kappa shape index (κ3) is 4.71. The molecule has 144 valence electrons. The Labute approximate surface area is 166 Å². The van der Waals surface area contributed by atoms with Gasteiger partial charge in [0.15, 0.2) is 6.10 Å². The summed E-state index contributed by atoms with van der Waals surface area (Å²) < 4.78 is 11.0. The summed E-state index contributed by atoms with van der Waals surface area (Å²) in [4.78, 5) is 12.9. The van der Waals surface area contributed by atoms with E-state index in [1.54, 1.807) is 20.1 Å². The lowest BCUT2D eigenvalue weighted by Gasteiger charge is -2.24. The molecule has 0 aromatic heterocycles. The molecule has 3 rings (SSSR count). The van der Waals surface area contributed by atoms with Crippen molar-refractivity contribution < 1.29 is 14.3 Å². The number of methoxy groups -OCH3 is 1. The number of aryl methyl sites for hydroxylation is 1. The van der Waals surface area contributed by atoms with E-state index in [9.17, 15) is 4.79 Å². The number of carbonyl (C=O) groups excluding carboxylic acids is 1. The monoisotopic (exact) mass is 375 g/mol. The number of ether oxygens (including phenoxy) is 2. The Kier molecular flexibility index (Phi) is 6.33. The molecule has 28 heavy (non-hydrogen) atoms. The zero-order chi connectivity index (χ0) is 19.9. The second-order valence-electron chi connectivity index (χ2n) is 6.65. The van der Waals surface area contributed by atoms with Gasteiger partial charge in [-0.2, -0.15) is 0 Å². The highest BCUT2D eigenvalue weighted by atomic mass is 16.5. The summed E-state index contributed by atoms with van der Waals surface area (Å²) in [5, 5.41) is 3.14. The second kappa shape index (κ2) is 9.09. The highest BCUT2D eigenvalue weighted by molar-refractivity contribution is 5.81. The van der Waals surface area contributed by atoms with E-state index in [2.05, 4.69) is 5.32 Å². The van der Waals surface area contributed by atoms with Gasteiger partial charge in [0.1, 0.15) is 11.5 Å². The molecule has 2 atom stereocenters. The van der Waals surface area contributed by atoms with E-state index >= 15 is 0 Å². The molecule has 0 spiro atoms. The molecule has 0 saturated heterocycles. The van der Waals surface area contributed by atoms with Crippen molar-refractivity contribution in [2.24, 2.45) is 0 Å². The molecule has 0 unspecified atom stereocenters. The van der Waals surface area contributed by atoms with E-state index in [1.165, 1.54) is 0 Å². The number of rotatable bonds is 7. The summed E-state index contributed by atoms with van der Waals surface area (Å²) in [7, 11) is 1.60. The molecule has 4 nitrogen and oxygen atoms in total. The van der Waals surface area contributed by atoms with E-state index in [0.29, 0.717) is 11.5 Å². The van der Waals surface area contributed by atoms with E-state index in [0.717, 1.165) is 16.7 Å². The third-order valence-corrected chi connectivity index (χ3v) is 4.64. The maximum atomic E-state index is 12.9. The van der Waals surface area contributed by atoms with Crippen LogP contribution < -0.4 is 14.8 Å². The van der Waals surface area contributed by atoms with Gasteiger partial charge in [-0.15, -0.1) is 0 Å². The first-order valence-corrected chi connectivity index (χ1v) is 9.30. The third-order valence-electron chi connectivity index (χ3n) is 4.64. The van der Waals surface area contributed by atoms with E-state index in [1.807, 2.05) is 79.7 Å². The van der Waals surface area contributed by atoms with Crippen molar-refractivity contribution in [2.45, 2.75) is 26.0 Å². The predicted octanol–water partition coefficient (Wildman–Crippen LogP) is 4.68. The van der Waals surface area contributed by atoms with Crippen molar-refractivity contribution in [1.82, 2.24) is 5.32 Å². The lowest BCUT2D eigenvalue weighted by molar-refractivity contribution is -0.127. The van der Waals surface area contributed by atoms with Crippen LogP contribution in [0.1, 0.15) is 29.7 Å². The quantitative estimate of drug-likeness (QED) is 0.652. The van der Waals surface area contributed by atoms with Crippen molar-refractivity contribution in [2.75, 3.05) is 7.11 Å². The molecular weight excluding hydrogens is 350 g/mol. The molecule has 1 N–H and O–H groups in total. The molecule has 0 saturated carbocycles. The first-order valence-electron chi connectivity index (χ1n) is 9.30. The average Bonchev–Trinajstić information content (AvgIpc) is 2.73. The molecule has 1 amide bonds. The highest BCUT2D eigenvalue weighted by Crippen LogP contribution is 2.25. The zero-order valence-corrected chi connectivity index (χ0v) is 16.4. The van der Waals surface area contributed by atoms with Crippen molar-refractivity contribution in [3.05, 3.63) is 95.6 Å². The van der Waals surface area contributed by atoms with Crippen LogP contribution in [-0.4, -0.2) is 19.1 Å². The Morgan fingerprint density at radius 1 is 0.893 bits per heavy atom. The van der Waals surface area contributed by atoms with Gasteiger partial charge in [0, 0.05) is 6.07 Å². The van der Waals surface area contributed by atoms with Gasteiger partial charge in [-0.05, 0) is 42.7 Å². The first kappa shape index (κ1) is 19.5. The number of benzene rings is 3. The van der Waals surface area contributed by atoms with E-state index in [4.69, 9.17) is 9.47 Å². The Morgan fingerprint density at radius 3 is 2.29 bits per heavy atom. The fraction of sp³-hybridized carbons (Fsp3) is 0.208. The van der Waals surface area contributed by atoms with Gasteiger partial charge in [-0.25, -0.2) is 0 Å². The van der Waals surface area contributed by atoms with E-state index in [-0.39, 0.29) is 11.9 Å². The number of amides is 1. The fourth-order valence-corrected chi connectivity index (χ4v) is 3.09. The van der Waals surface area contributed by atoms with Crippen molar-refractivity contribution in [3.8, 4) is 11.5 Å². The molecule has 0 heterocycles. The average molecular weight is 375 g/mol. The van der Waals surface area contributed by atoms with Crippen LogP contribution in [0.3, 0.4) is 0 Å². The Hall–Kier alpha value is -3.27. The smallest absolute Gasteiger partial charge is 0.261 e. The summed E-state index contributed by atoms with van der Waals surface area (Å²) in [6.07, 6.45) is -0.651. The normalized spacial score (nSPS) is 12.7. The largest absolute Gasteiger partial charge is 0.497 e. The minimum Gasteiger partial charge on any atom is -0.497 e. The topological polar surface area (TPSA) is 47.6 Å². The Balaban J connectivity index is 1.80. The fourth-order valence-electron chi connectivity index (χ4n) is 3.09. The van der Waals surface area contributed by atoms with Gasteiger partial charge < -0.3 is 14.8 Å². The summed E-state index contributed by atoms with van der Waals surface area (Å²) >= 11 is 0. The maximum absolute atomic E-state index is 12.9. The van der Waals surface area contributed by atoms with Crippen LogP contribution >= 0.6 is 0 Å². The Bertz CT molecular complexity index is 924. The predicted molar refractivity (Wildman–Crippen MR) is 111 cm³/mol. The van der Waals surface area contributed by atoms with Crippen LogP contribution in [0.25, 0.3) is 0 Å². The van der Waals surface area contributed by atoms with Gasteiger partial charge in [-0.3, -0.25) is 4.79 Å². The first-order chi connectivity index (χ1) is 13.6. The molecule has 0 fully saturated rings. The standard InChI is InChI=1S/C24H25NO3/c1-17-10-7-8-15-22(17)23(19-11-5-4-6-12-19)25-24(26)18(2)28-21-14-9-13-20(16-21)27-3/h4-16,18,23H,1-3H3,(H,25,26)/t18-,23-/m1/s1. The molecule has 3 aromatic carbocycles. The van der Waals surface area contributed by atoms with E-state index < -0.39 is 6.10 Å². The number of hydrogen-bond donors (Lipinski definition) is 1. The molecule has 0 radical (unpaired) electrons. The van der Waals surface area contributed by atoms with Gasteiger partial charge in [0.05, 0.1) is 13.2 Å². The molecular formula is C24H25NO3. The summed E-state index contributed by atoms with van der Waals surface area (Å²) in [6.45, 7) is 3.79. The summed E-state index contributed by atoms with van der Waals surface area (Å²) in [5.41, 5.74) is 3.22.